The highest BCUT2D eigenvalue weighted by atomic mass is 19.2. The number of methoxy groups -OCH3 is 2. The zero-order valence-corrected chi connectivity index (χ0v) is 19.6. The molecule has 186 valence electrons. The van der Waals surface area contributed by atoms with Gasteiger partial charge in [0, 0.05) is 42.0 Å². The Hall–Kier alpha value is -4.47. The third-order valence-corrected chi connectivity index (χ3v) is 5.39. The number of pyridine rings is 1. The van der Waals surface area contributed by atoms with E-state index in [1.165, 1.54) is 32.4 Å². The smallest absolute Gasteiger partial charge is 0.326 e. The van der Waals surface area contributed by atoms with Crippen molar-refractivity contribution in [3.8, 4) is 23.0 Å². The van der Waals surface area contributed by atoms with Gasteiger partial charge in [-0.15, -0.1) is 0 Å². The van der Waals surface area contributed by atoms with E-state index in [1.807, 2.05) is 0 Å². The van der Waals surface area contributed by atoms with E-state index in [1.54, 1.807) is 31.3 Å². The lowest BCUT2D eigenvalue weighted by Gasteiger charge is -2.22. The summed E-state index contributed by atoms with van der Waals surface area (Å²) in [5.41, 5.74) is 0.608. The lowest BCUT2D eigenvalue weighted by Crippen LogP contribution is -2.35. The van der Waals surface area contributed by atoms with Gasteiger partial charge in [0.2, 0.25) is 0 Å². The minimum absolute atomic E-state index is 0.112. The van der Waals surface area contributed by atoms with Crippen LogP contribution >= 0.6 is 0 Å². The molecule has 3 aromatic carbocycles. The maximum absolute atomic E-state index is 14.9. The number of amides is 2. The fraction of sp³-hybridized carbons (Fsp3) is 0.154. The molecule has 0 radical (unpaired) electrons. The van der Waals surface area contributed by atoms with Gasteiger partial charge in [-0.3, -0.25) is 9.88 Å². The molecule has 1 N–H and O–H groups in total. The Morgan fingerprint density at radius 2 is 1.64 bits per heavy atom. The van der Waals surface area contributed by atoms with Crippen molar-refractivity contribution >= 4 is 28.3 Å². The van der Waals surface area contributed by atoms with Crippen LogP contribution in [0.2, 0.25) is 0 Å². The SMILES string of the molecule is CCN(C(=O)Nc1ccc(Oc2ccnc3cc(OC)c(OC)cc23)cc1F)c1ccc(F)c(F)c1. The number of carbonyl (C=O) groups excluding carboxylic acids is 1. The summed E-state index contributed by atoms with van der Waals surface area (Å²) in [5.74, 6) is -1.30. The number of urea groups is 1. The number of halogens is 3. The number of benzene rings is 3. The average Bonchev–Trinajstić information content (AvgIpc) is 2.87. The molecule has 1 heterocycles. The molecule has 0 aliphatic rings. The van der Waals surface area contributed by atoms with Crippen LogP contribution in [0.15, 0.2) is 60.8 Å². The molecule has 7 nitrogen and oxygen atoms in total. The second-order valence-corrected chi connectivity index (χ2v) is 7.55. The van der Waals surface area contributed by atoms with Gasteiger partial charge >= 0.3 is 6.03 Å². The molecule has 0 fully saturated rings. The number of anilines is 2. The van der Waals surface area contributed by atoms with Gasteiger partial charge in [-0.1, -0.05) is 0 Å². The second kappa shape index (κ2) is 10.4. The van der Waals surface area contributed by atoms with Crippen LogP contribution in [0.1, 0.15) is 6.92 Å². The highest BCUT2D eigenvalue weighted by Crippen LogP contribution is 2.37. The number of hydrogen-bond acceptors (Lipinski definition) is 5. The normalized spacial score (nSPS) is 10.7. The summed E-state index contributed by atoms with van der Waals surface area (Å²) in [5, 5.41) is 3.07. The molecule has 4 aromatic rings. The Morgan fingerprint density at radius 1 is 0.889 bits per heavy atom. The van der Waals surface area contributed by atoms with E-state index in [9.17, 15) is 18.0 Å². The van der Waals surface area contributed by atoms with Crippen LogP contribution in [0.25, 0.3) is 10.9 Å². The molecule has 0 unspecified atom stereocenters. The van der Waals surface area contributed by atoms with Crippen molar-refractivity contribution in [2.75, 3.05) is 31.0 Å². The fourth-order valence-corrected chi connectivity index (χ4v) is 3.60. The maximum Gasteiger partial charge on any atom is 0.326 e. The van der Waals surface area contributed by atoms with E-state index in [-0.39, 0.29) is 23.7 Å². The Kier molecular flexibility index (Phi) is 7.14. The van der Waals surface area contributed by atoms with Gasteiger partial charge in [0.05, 0.1) is 25.4 Å². The number of carbonyl (C=O) groups is 1. The molecule has 2 amide bonds. The van der Waals surface area contributed by atoms with Crippen LogP contribution in [0.5, 0.6) is 23.0 Å². The van der Waals surface area contributed by atoms with Gasteiger partial charge in [-0.25, -0.2) is 18.0 Å². The molecule has 36 heavy (non-hydrogen) atoms. The molecule has 1 aromatic heterocycles. The van der Waals surface area contributed by atoms with E-state index in [0.29, 0.717) is 28.2 Å². The summed E-state index contributed by atoms with van der Waals surface area (Å²) in [6, 6.07) is 11.4. The van der Waals surface area contributed by atoms with Gasteiger partial charge in [0.15, 0.2) is 23.1 Å². The number of nitrogens with zero attached hydrogens (tertiary/aromatic N) is 2. The number of nitrogens with one attached hydrogen (secondary N) is 1. The Labute approximate surface area is 205 Å². The molecular weight excluding hydrogens is 475 g/mol. The van der Waals surface area contributed by atoms with Crippen molar-refractivity contribution in [3.63, 3.8) is 0 Å². The Morgan fingerprint density at radius 3 is 2.31 bits per heavy atom. The van der Waals surface area contributed by atoms with Crippen LogP contribution < -0.4 is 24.4 Å². The highest BCUT2D eigenvalue weighted by molar-refractivity contribution is 6.01. The molecular formula is C26H22F3N3O4. The van der Waals surface area contributed by atoms with Crippen molar-refractivity contribution in [2.24, 2.45) is 0 Å². The van der Waals surface area contributed by atoms with Crippen LogP contribution in [0, 0.1) is 17.5 Å². The lowest BCUT2D eigenvalue weighted by atomic mass is 10.2. The van der Waals surface area contributed by atoms with E-state index < -0.39 is 23.5 Å². The van der Waals surface area contributed by atoms with Gasteiger partial charge in [-0.05, 0) is 43.3 Å². The van der Waals surface area contributed by atoms with Crippen LogP contribution in [0.3, 0.4) is 0 Å². The quantitative estimate of drug-likeness (QED) is 0.315. The first-order chi connectivity index (χ1) is 17.3. The molecule has 10 heteroatoms. The van der Waals surface area contributed by atoms with Crippen molar-refractivity contribution in [2.45, 2.75) is 6.92 Å². The maximum atomic E-state index is 14.9. The summed E-state index contributed by atoms with van der Waals surface area (Å²) < 4.78 is 58.2. The van der Waals surface area contributed by atoms with Crippen molar-refractivity contribution in [1.82, 2.24) is 4.98 Å². The third kappa shape index (κ3) is 4.97. The van der Waals surface area contributed by atoms with Gasteiger partial charge in [-0.2, -0.15) is 0 Å². The number of hydrogen-bond donors (Lipinski definition) is 1. The van der Waals surface area contributed by atoms with Crippen LogP contribution in [-0.4, -0.2) is 31.8 Å². The van der Waals surface area contributed by atoms with E-state index in [2.05, 4.69) is 10.3 Å². The number of aromatic nitrogens is 1. The van der Waals surface area contributed by atoms with Gasteiger partial charge < -0.3 is 19.5 Å². The van der Waals surface area contributed by atoms with Crippen LogP contribution in [-0.2, 0) is 0 Å². The third-order valence-electron chi connectivity index (χ3n) is 5.39. The van der Waals surface area contributed by atoms with Crippen LogP contribution in [0.4, 0.5) is 29.3 Å². The molecule has 0 saturated carbocycles. The standard InChI is InChI=1S/C26H22F3N3O4/c1-4-32(15-5-7-18(27)19(28)11-15)26(33)31-21-8-6-16(12-20(21)29)36-23-9-10-30-22-14-25(35-3)24(34-2)13-17(22)23/h5-14H,4H2,1-3H3,(H,31,33). The molecule has 4 rings (SSSR count). The van der Waals surface area contributed by atoms with Crippen molar-refractivity contribution in [3.05, 3.63) is 78.2 Å². The van der Waals surface area contributed by atoms with Gasteiger partial charge in [0.1, 0.15) is 17.3 Å². The molecule has 0 atom stereocenters. The van der Waals surface area contributed by atoms with E-state index in [0.717, 1.165) is 23.1 Å². The first-order valence-electron chi connectivity index (χ1n) is 10.9. The fourth-order valence-electron chi connectivity index (χ4n) is 3.60. The summed E-state index contributed by atoms with van der Waals surface area (Å²) >= 11 is 0. The first kappa shape index (κ1) is 24.6. The zero-order chi connectivity index (χ0) is 25.8. The topological polar surface area (TPSA) is 72.9 Å². The predicted octanol–water partition coefficient (Wildman–Crippen LogP) is 6.52. The lowest BCUT2D eigenvalue weighted by molar-refractivity contribution is 0.257. The Bertz CT molecular complexity index is 1430. The van der Waals surface area contributed by atoms with Crippen molar-refractivity contribution in [1.29, 1.82) is 0 Å². The molecule has 0 saturated heterocycles. The summed E-state index contributed by atoms with van der Waals surface area (Å²) in [4.78, 5) is 18.2. The largest absolute Gasteiger partial charge is 0.493 e. The number of rotatable bonds is 7. The molecule has 0 spiro atoms. The molecule has 0 bridgehead atoms. The summed E-state index contributed by atoms with van der Waals surface area (Å²) in [6.45, 7) is 1.79. The monoisotopic (exact) mass is 497 g/mol. The zero-order valence-electron chi connectivity index (χ0n) is 19.6. The predicted molar refractivity (Wildman–Crippen MR) is 130 cm³/mol. The van der Waals surface area contributed by atoms with Gasteiger partial charge in [0.25, 0.3) is 0 Å². The van der Waals surface area contributed by atoms with E-state index >= 15 is 0 Å². The minimum Gasteiger partial charge on any atom is -0.493 e. The molecule has 0 aliphatic carbocycles. The average molecular weight is 497 g/mol. The second-order valence-electron chi connectivity index (χ2n) is 7.55. The number of fused-ring (bicyclic) bond motifs is 1. The Balaban J connectivity index is 1.55. The van der Waals surface area contributed by atoms with Crippen molar-refractivity contribution < 1.29 is 32.2 Å². The summed E-state index contributed by atoms with van der Waals surface area (Å²) in [6.07, 6.45) is 1.55. The van der Waals surface area contributed by atoms with E-state index in [4.69, 9.17) is 14.2 Å². The highest BCUT2D eigenvalue weighted by Gasteiger charge is 2.18. The summed E-state index contributed by atoms with van der Waals surface area (Å²) in [7, 11) is 3.03. The first-order valence-corrected chi connectivity index (χ1v) is 10.9. The molecule has 0 aliphatic heterocycles. The number of ether oxygens (including phenoxy) is 3. The minimum atomic E-state index is -1.09.